The average Bonchev–Trinajstić information content (AvgIpc) is 1.62. The molecule has 0 heterocycles. The first-order valence-corrected chi connectivity index (χ1v) is 3.68. The lowest BCUT2D eigenvalue weighted by molar-refractivity contribution is 0.213. The minimum atomic E-state index is 0.418. The quantitative estimate of drug-likeness (QED) is 0.507. The summed E-state index contributed by atoms with van der Waals surface area (Å²) >= 11 is 0. The Labute approximate surface area is 59.7 Å². The van der Waals surface area contributed by atoms with Gasteiger partial charge in [-0.25, -0.2) is 0 Å². The van der Waals surface area contributed by atoms with Gasteiger partial charge >= 0.3 is 0 Å². The van der Waals surface area contributed by atoms with Crippen molar-refractivity contribution < 1.29 is 0 Å². The predicted octanol–water partition coefficient (Wildman–Crippen LogP) is 3.14. The van der Waals surface area contributed by atoms with E-state index in [0.717, 1.165) is 0 Å². The number of rotatable bonds is 1. The summed E-state index contributed by atoms with van der Waals surface area (Å²) in [6.07, 6.45) is 0. The van der Waals surface area contributed by atoms with Gasteiger partial charge in [0.1, 0.15) is 0 Å². The van der Waals surface area contributed by atoms with Crippen LogP contribution < -0.4 is 0 Å². The molecule has 0 spiro atoms. The minimum absolute atomic E-state index is 0.418. The van der Waals surface area contributed by atoms with E-state index < -0.39 is 0 Å². The van der Waals surface area contributed by atoms with E-state index in [1.165, 1.54) is 0 Å². The summed E-state index contributed by atoms with van der Waals surface area (Å²) in [5.74, 6) is 1.27. The van der Waals surface area contributed by atoms with E-state index in [1.807, 2.05) is 0 Å². The van der Waals surface area contributed by atoms with Gasteiger partial charge < -0.3 is 0 Å². The summed E-state index contributed by atoms with van der Waals surface area (Å²) in [4.78, 5) is 0. The third kappa shape index (κ3) is 2.88. The highest BCUT2D eigenvalue weighted by Gasteiger charge is 2.22. The minimum Gasteiger partial charge on any atom is -0.0622 e. The van der Waals surface area contributed by atoms with Gasteiger partial charge in [-0.15, -0.1) is 0 Å². The number of hydrogen-bond donors (Lipinski definition) is 0. The van der Waals surface area contributed by atoms with Gasteiger partial charge in [-0.2, -0.15) is 0 Å². The van der Waals surface area contributed by atoms with E-state index in [0.29, 0.717) is 17.3 Å². The molecule has 0 bridgehead atoms. The van der Waals surface area contributed by atoms with Gasteiger partial charge in [0, 0.05) is 0 Å². The van der Waals surface area contributed by atoms with Gasteiger partial charge in [0.2, 0.25) is 0 Å². The van der Waals surface area contributed by atoms with E-state index in [4.69, 9.17) is 0 Å². The van der Waals surface area contributed by atoms with Gasteiger partial charge in [0.15, 0.2) is 0 Å². The zero-order chi connectivity index (χ0) is 7.65. The van der Waals surface area contributed by atoms with Crippen LogP contribution in [0, 0.1) is 24.2 Å². The van der Waals surface area contributed by atoms with Gasteiger partial charge in [-0.1, -0.05) is 41.5 Å². The van der Waals surface area contributed by atoms with Crippen LogP contribution in [0.3, 0.4) is 0 Å². The Morgan fingerprint density at radius 2 is 1.44 bits per heavy atom. The second-order valence-corrected chi connectivity index (χ2v) is 4.13. The molecule has 0 aliphatic heterocycles. The van der Waals surface area contributed by atoms with Crippen molar-refractivity contribution in [3.63, 3.8) is 0 Å². The van der Waals surface area contributed by atoms with Crippen molar-refractivity contribution in [3.05, 3.63) is 6.92 Å². The fourth-order valence-corrected chi connectivity index (χ4v) is 0.854. The normalized spacial score (nSPS) is 16.3. The molecule has 9 heavy (non-hydrogen) atoms. The maximum absolute atomic E-state index is 4.00. The Hall–Kier alpha value is 0. The molecule has 0 aromatic heterocycles. The van der Waals surface area contributed by atoms with Crippen LogP contribution >= 0.6 is 0 Å². The third-order valence-corrected chi connectivity index (χ3v) is 2.22. The molecule has 0 heteroatoms. The Morgan fingerprint density at radius 3 is 1.44 bits per heavy atom. The molecule has 0 rings (SSSR count). The molecule has 0 nitrogen and oxygen atoms in total. The Kier molecular flexibility index (Phi) is 2.72. The lowest BCUT2D eigenvalue weighted by Gasteiger charge is -2.30. The molecule has 0 aromatic carbocycles. The fraction of sp³-hybridized carbons (Fsp3) is 0.889. The average molecular weight is 127 g/mol. The highest BCUT2D eigenvalue weighted by atomic mass is 14.3. The summed E-state index contributed by atoms with van der Waals surface area (Å²) in [5.41, 5.74) is 0.418. The highest BCUT2D eigenvalue weighted by molar-refractivity contribution is 4.75. The molecule has 0 aromatic rings. The van der Waals surface area contributed by atoms with E-state index in [1.54, 1.807) is 0 Å². The second kappa shape index (κ2) is 2.72. The van der Waals surface area contributed by atoms with Gasteiger partial charge in [0.25, 0.3) is 0 Å². The molecule has 2 atom stereocenters. The summed E-state index contributed by atoms with van der Waals surface area (Å²) in [6.45, 7) is 15.2. The highest BCUT2D eigenvalue weighted by Crippen LogP contribution is 2.30. The molecule has 0 amide bonds. The molecule has 0 N–H and O–H groups in total. The molecule has 0 saturated heterocycles. The maximum atomic E-state index is 4.00. The Bertz CT molecular complexity index is 74.5. The summed E-state index contributed by atoms with van der Waals surface area (Å²) in [7, 11) is 0. The van der Waals surface area contributed by atoms with E-state index in [2.05, 4.69) is 41.5 Å². The standard InChI is InChI=1S/C9H19/c1-7(2)8(3)9(4,5)6/h7-8H,1H2,2-6H3. The lowest BCUT2D eigenvalue weighted by atomic mass is 9.76. The van der Waals surface area contributed by atoms with Crippen LogP contribution in [-0.4, -0.2) is 0 Å². The predicted molar refractivity (Wildman–Crippen MR) is 43.1 cm³/mol. The van der Waals surface area contributed by atoms with Crippen molar-refractivity contribution in [2.24, 2.45) is 17.3 Å². The van der Waals surface area contributed by atoms with Crippen LogP contribution in [0.4, 0.5) is 0 Å². The fourth-order valence-electron chi connectivity index (χ4n) is 0.854. The van der Waals surface area contributed by atoms with Crippen LogP contribution in [-0.2, 0) is 0 Å². The molecule has 0 fully saturated rings. The molecular weight excluding hydrogens is 108 g/mol. The molecule has 0 aliphatic carbocycles. The van der Waals surface area contributed by atoms with Crippen molar-refractivity contribution in [3.8, 4) is 0 Å². The van der Waals surface area contributed by atoms with Crippen LogP contribution in [0.15, 0.2) is 0 Å². The first-order valence-electron chi connectivity index (χ1n) is 3.68. The Morgan fingerprint density at radius 1 is 1.11 bits per heavy atom. The van der Waals surface area contributed by atoms with E-state index >= 15 is 0 Å². The first-order chi connectivity index (χ1) is 3.85. The van der Waals surface area contributed by atoms with E-state index in [-0.39, 0.29) is 0 Å². The topological polar surface area (TPSA) is 0 Å². The number of hydrogen-bond acceptors (Lipinski definition) is 0. The first kappa shape index (κ1) is 9.00. The van der Waals surface area contributed by atoms with Crippen LogP contribution in [0.25, 0.3) is 0 Å². The van der Waals surface area contributed by atoms with Crippen LogP contribution in [0.2, 0.25) is 0 Å². The summed E-state index contributed by atoms with van der Waals surface area (Å²) in [6, 6.07) is 0. The molecule has 2 unspecified atom stereocenters. The monoisotopic (exact) mass is 127 g/mol. The molecule has 1 radical (unpaired) electrons. The van der Waals surface area contributed by atoms with Crippen molar-refractivity contribution in [2.75, 3.05) is 0 Å². The van der Waals surface area contributed by atoms with E-state index in [9.17, 15) is 0 Å². The van der Waals surface area contributed by atoms with Crippen molar-refractivity contribution >= 4 is 0 Å². The maximum Gasteiger partial charge on any atom is -0.0354 e. The van der Waals surface area contributed by atoms with Crippen molar-refractivity contribution in [2.45, 2.75) is 34.6 Å². The summed E-state index contributed by atoms with van der Waals surface area (Å²) in [5, 5.41) is 0. The molecule has 0 saturated carbocycles. The van der Waals surface area contributed by atoms with Crippen molar-refractivity contribution in [1.29, 1.82) is 0 Å². The zero-order valence-corrected chi connectivity index (χ0v) is 7.36. The van der Waals surface area contributed by atoms with Gasteiger partial charge in [0.05, 0.1) is 0 Å². The van der Waals surface area contributed by atoms with Gasteiger partial charge in [-0.05, 0) is 17.3 Å². The van der Waals surface area contributed by atoms with Crippen LogP contribution in [0.1, 0.15) is 34.6 Å². The Balaban J connectivity index is 3.88. The smallest absolute Gasteiger partial charge is 0.0354 e. The largest absolute Gasteiger partial charge is 0.0622 e. The zero-order valence-electron chi connectivity index (χ0n) is 7.36. The van der Waals surface area contributed by atoms with Gasteiger partial charge in [-0.3, -0.25) is 0 Å². The molecule has 0 aliphatic rings. The lowest BCUT2D eigenvalue weighted by Crippen LogP contribution is -2.22. The molecular formula is C9H19. The van der Waals surface area contributed by atoms with Crippen molar-refractivity contribution in [1.82, 2.24) is 0 Å². The molecule has 55 valence electrons. The summed E-state index contributed by atoms with van der Waals surface area (Å²) < 4.78 is 0. The third-order valence-electron chi connectivity index (χ3n) is 2.22. The second-order valence-electron chi connectivity index (χ2n) is 4.13. The SMILES string of the molecule is [CH2]C(C)C(C)C(C)(C)C. The van der Waals surface area contributed by atoms with Crippen LogP contribution in [0.5, 0.6) is 0 Å².